The molecule has 1 N–H and O–H groups in total. The summed E-state index contributed by atoms with van der Waals surface area (Å²) in [6.07, 6.45) is 1.77. The molecule has 0 atom stereocenters. The molecule has 0 unspecified atom stereocenters. The molecule has 6 nitrogen and oxygen atoms in total. The number of rotatable bonds is 7. The van der Waals surface area contributed by atoms with Crippen LogP contribution >= 0.6 is 39.0 Å². The van der Waals surface area contributed by atoms with Gasteiger partial charge in [0.05, 0.1) is 5.75 Å². The number of hydrogen-bond acceptors (Lipinski definition) is 8. The first kappa shape index (κ1) is 16.2. The van der Waals surface area contributed by atoms with Crippen molar-refractivity contribution >= 4 is 44.2 Å². The van der Waals surface area contributed by atoms with Crippen LogP contribution in [0, 0.1) is 0 Å². The van der Waals surface area contributed by atoms with Crippen LogP contribution in [-0.4, -0.2) is 26.9 Å². The van der Waals surface area contributed by atoms with E-state index in [-0.39, 0.29) is 0 Å². The van der Waals surface area contributed by atoms with Crippen molar-refractivity contribution in [3.63, 3.8) is 0 Å². The first-order valence-electron chi connectivity index (χ1n) is 6.64. The first-order valence-corrected chi connectivity index (χ1v) is 9.23. The summed E-state index contributed by atoms with van der Waals surface area (Å²) in [7, 11) is 0. The zero-order valence-corrected chi connectivity index (χ0v) is 15.1. The molecule has 0 saturated carbocycles. The van der Waals surface area contributed by atoms with E-state index >= 15 is 0 Å². The third-order valence-electron chi connectivity index (χ3n) is 2.68. The maximum Gasteiger partial charge on any atom is 0.247 e. The quantitative estimate of drug-likeness (QED) is 0.461. The SMILES string of the molecule is C=CCNc1nnc(SCc2nnc(-c3ccc(Br)cc3)o2)s1. The lowest BCUT2D eigenvalue weighted by atomic mass is 10.2. The molecule has 0 bridgehead atoms. The lowest BCUT2D eigenvalue weighted by Crippen LogP contribution is -1.96. The molecule has 0 aliphatic rings. The van der Waals surface area contributed by atoms with Gasteiger partial charge in [0.25, 0.3) is 0 Å². The van der Waals surface area contributed by atoms with Crippen LogP contribution in [0.3, 0.4) is 0 Å². The van der Waals surface area contributed by atoms with E-state index in [2.05, 4.69) is 48.2 Å². The molecule has 2 heterocycles. The van der Waals surface area contributed by atoms with Gasteiger partial charge in [0, 0.05) is 16.6 Å². The molecular formula is C14H12BrN5OS2. The van der Waals surface area contributed by atoms with Crippen molar-refractivity contribution in [2.24, 2.45) is 0 Å². The summed E-state index contributed by atoms with van der Waals surface area (Å²) in [5.41, 5.74) is 0.892. The fourth-order valence-corrected chi connectivity index (χ4v) is 3.50. The van der Waals surface area contributed by atoms with Gasteiger partial charge in [-0.25, -0.2) is 0 Å². The molecular weight excluding hydrogens is 398 g/mol. The van der Waals surface area contributed by atoms with Gasteiger partial charge in [-0.15, -0.1) is 27.0 Å². The summed E-state index contributed by atoms with van der Waals surface area (Å²) in [6, 6.07) is 7.73. The standard InChI is InChI=1S/C14H12BrN5OS2/c1-2-7-16-13-19-20-14(23-13)22-8-11-17-18-12(21-11)9-3-5-10(15)6-4-9/h2-6H,1,7-8H2,(H,16,19). The third-order valence-corrected chi connectivity index (χ3v) is 5.21. The van der Waals surface area contributed by atoms with Crippen molar-refractivity contribution in [2.75, 3.05) is 11.9 Å². The van der Waals surface area contributed by atoms with E-state index in [0.717, 1.165) is 19.5 Å². The summed E-state index contributed by atoms with van der Waals surface area (Å²) in [5.74, 6) is 1.63. The molecule has 0 spiro atoms. The van der Waals surface area contributed by atoms with Crippen molar-refractivity contribution in [3.8, 4) is 11.5 Å². The molecule has 118 valence electrons. The highest BCUT2D eigenvalue weighted by Gasteiger charge is 2.11. The maximum atomic E-state index is 5.67. The van der Waals surface area contributed by atoms with Gasteiger partial charge in [0.15, 0.2) is 4.34 Å². The largest absolute Gasteiger partial charge is 0.420 e. The van der Waals surface area contributed by atoms with Gasteiger partial charge in [-0.3, -0.25) is 0 Å². The Hall–Kier alpha value is -1.71. The minimum atomic E-state index is 0.513. The van der Waals surface area contributed by atoms with E-state index < -0.39 is 0 Å². The van der Waals surface area contributed by atoms with Crippen LogP contribution in [0.5, 0.6) is 0 Å². The van der Waals surface area contributed by atoms with E-state index in [0.29, 0.717) is 24.1 Å². The van der Waals surface area contributed by atoms with E-state index in [4.69, 9.17) is 4.42 Å². The molecule has 0 saturated heterocycles. The lowest BCUT2D eigenvalue weighted by molar-refractivity contribution is 0.528. The molecule has 23 heavy (non-hydrogen) atoms. The molecule has 3 aromatic rings. The molecule has 9 heteroatoms. The van der Waals surface area contributed by atoms with E-state index in [1.165, 1.54) is 23.1 Å². The monoisotopic (exact) mass is 409 g/mol. The van der Waals surface area contributed by atoms with Gasteiger partial charge in [0.2, 0.25) is 16.9 Å². The second-order valence-corrected chi connectivity index (χ2v) is 7.45. The Morgan fingerprint density at radius 3 is 2.83 bits per heavy atom. The van der Waals surface area contributed by atoms with Crippen molar-refractivity contribution in [1.29, 1.82) is 0 Å². The maximum absolute atomic E-state index is 5.67. The van der Waals surface area contributed by atoms with Gasteiger partial charge < -0.3 is 9.73 Å². The van der Waals surface area contributed by atoms with Crippen LogP contribution in [0.1, 0.15) is 5.89 Å². The van der Waals surface area contributed by atoms with Crippen LogP contribution in [0.15, 0.2) is 50.1 Å². The highest BCUT2D eigenvalue weighted by atomic mass is 79.9. The minimum Gasteiger partial charge on any atom is -0.420 e. The van der Waals surface area contributed by atoms with Crippen LogP contribution in [0.2, 0.25) is 0 Å². The average Bonchev–Trinajstić information content (AvgIpc) is 3.21. The number of aromatic nitrogens is 4. The first-order chi connectivity index (χ1) is 11.2. The van der Waals surface area contributed by atoms with E-state index in [1.807, 2.05) is 24.3 Å². The molecule has 0 amide bonds. The fourth-order valence-electron chi connectivity index (χ4n) is 1.64. The Bertz CT molecular complexity index is 787. The van der Waals surface area contributed by atoms with Crippen LogP contribution < -0.4 is 5.32 Å². The lowest BCUT2D eigenvalue weighted by Gasteiger charge is -1.95. The van der Waals surface area contributed by atoms with Crippen molar-refractivity contribution in [1.82, 2.24) is 20.4 Å². The zero-order valence-electron chi connectivity index (χ0n) is 11.9. The Balaban J connectivity index is 1.59. The number of hydrogen-bond donors (Lipinski definition) is 1. The Morgan fingerprint density at radius 2 is 2.04 bits per heavy atom. The van der Waals surface area contributed by atoms with Gasteiger partial charge in [0.1, 0.15) is 0 Å². The van der Waals surface area contributed by atoms with Crippen LogP contribution in [0.4, 0.5) is 5.13 Å². The third kappa shape index (κ3) is 4.40. The summed E-state index contributed by atoms with van der Waals surface area (Å²) < 4.78 is 7.53. The molecule has 1 aromatic carbocycles. The predicted octanol–water partition coefficient (Wildman–Crippen LogP) is 4.24. The molecule has 0 radical (unpaired) electrons. The predicted molar refractivity (Wildman–Crippen MR) is 95.6 cm³/mol. The van der Waals surface area contributed by atoms with Gasteiger partial charge in [-0.1, -0.05) is 45.1 Å². The summed E-state index contributed by atoms with van der Waals surface area (Å²) in [5, 5.41) is 20.2. The number of halogens is 1. The highest BCUT2D eigenvalue weighted by Crippen LogP contribution is 2.29. The number of nitrogens with zero attached hydrogens (tertiary/aromatic N) is 4. The van der Waals surface area contributed by atoms with Gasteiger partial charge in [-0.05, 0) is 24.3 Å². The van der Waals surface area contributed by atoms with Crippen molar-refractivity contribution < 1.29 is 4.42 Å². The molecule has 2 aromatic heterocycles. The second kappa shape index (κ2) is 7.71. The topological polar surface area (TPSA) is 76.7 Å². The molecule has 0 aliphatic carbocycles. The number of anilines is 1. The number of nitrogens with one attached hydrogen (secondary N) is 1. The fraction of sp³-hybridized carbons (Fsp3) is 0.143. The Morgan fingerprint density at radius 1 is 1.22 bits per heavy atom. The zero-order chi connectivity index (χ0) is 16.1. The minimum absolute atomic E-state index is 0.513. The smallest absolute Gasteiger partial charge is 0.247 e. The molecule has 0 aliphatic heterocycles. The second-order valence-electron chi connectivity index (χ2n) is 4.34. The molecule has 3 rings (SSSR count). The Labute approximate surface area is 149 Å². The van der Waals surface area contributed by atoms with Crippen molar-refractivity contribution in [2.45, 2.75) is 10.1 Å². The Kier molecular flexibility index (Phi) is 5.42. The summed E-state index contributed by atoms with van der Waals surface area (Å²) >= 11 is 6.40. The van der Waals surface area contributed by atoms with Crippen LogP contribution in [-0.2, 0) is 5.75 Å². The number of thioether (sulfide) groups is 1. The number of benzene rings is 1. The average molecular weight is 410 g/mol. The summed E-state index contributed by atoms with van der Waals surface area (Å²) in [6.45, 7) is 4.32. The molecule has 0 fully saturated rings. The van der Waals surface area contributed by atoms with Crippen molar-refractivity contribution in [3.05, 3.63) is 47.3 Å². The summed E-state index contributed by atoms with van der Waals surface area (Å²) in [4.78, 5) is 0. The van der Waals surface area contributed by atoms with Gasteiger partial charge in [-0.2, -0.15) is 0 Å². The van der Waals surface area contributed by atoms with E-state index in [9.17, 15) is 0 Å². The van der Waals surface area contributed by atoms with Gasteiger partial charge >= 0.3 is 0 Å². The highest BCUT2D eigenvalue weighted by molar-refractivity contribution is 9.10. The van der Waals surface area contributed by atoms with Crippen LogP contribution in [0.25, 0.3) is 11.5 Å². The van der Waals surface area contributed by atoms with E-state index in [1.54, 1.807) is 6.08 Å². The normalized spacial score (nSPS) is 10.7.